The van der Waals surface area contributed by atoms with Gasteiger partial charge in [-0.2, -0.15) is 13.2 Å². The Hall–Kier alpha value is -2.15. The number of halogens is 3. The molecule has 0 atom stereocenters. The zero-order chi connectivity index (χ0) is 15.5. The average Bonchev–Trinajstić information content (AvgIpc) is 2.45. The molecule has 0 aliphatic carbocycles. The fourth-order valence-corrected chi connectivity index (χ4v) is 1.87. The largest absolute Gasteiger partial charge is 0.416 e. The Labute approximate surface area is 120 Å². The molecule has 0 saturated heterocycles. The van der Waals surface area contributed by atoms with E-state index < -0.39 is 11.7 Å². The fourth-order valence-electron chi connectivity index (χ4n) is 1.87. The van der Waals surface area contributed by atoms with Crippen molar-refractivity contribution in [2.24, 2.45) is 5.73 Å². The lowest BCUT2D eigenvalue weighted by Crippen LogP contribution is -2.14. The highest BCUT2D eigenvalue weighted by Crippen LogP contribution is 2.33. The molecule has 0 radical (unpaired) electrons. The van der Waals surface area contributed by atoms with Gasteiger partial charge < -0.3 is 11.1 Å². The maximum atomic E-state index is 12.8. The lowest BCUT2D eigenvalue weighted by Gasteiger charge is -2.13. The first kappa shape index (κ1) is 15.2. The molecule has 0 saturated carbocycles. The Kier molecular flexibility index (Phi) is 4.42. The smallest absolute Gasteiger partial charge is 0.381 e. The van der Waals surface area contributed by atoms with Crippen molar-refractivity contribution in [2.45, 2.75) is 13.1 Å². The minimum absolute atomic E-state index is 0.384. The van der Waals surface area contributed by atoms with E-state index in [2.05, 4.69) is 15.3 Å². The summed E-state index contributed by atoms with van der Waals surface area (Å²) in [5, 5.41) is 3.02. The Bertz CT molecular complexity index is 626. The molecule has 2 aromatic rings. The Balaban J connectivity index is 2.47. The molecule has 1 heterocycles. The van der Waals surface area contributed by atoms with Crippen molar-refractivity contribution < 1.29 is 13.2 Å². The summed E-state index contributed by atoms with van der Waals surface area (Å²) in [7, 11) is 0. The Morgan fingerprint density at radius 1 is 1.29 bits per heavy atom. The summed E-state index contributed by atoms with van der Waals surface area (Å²) < 4.78 is 38.4. The first-order valence-corrected chi connectivity index (χ1v) is 6.37. The number of hydrogen-bond donors (Lipinski definition) is 2. The molecule has 4 nitrogen and oxygen atoms in total. The number of anilines is 1. The van der Waals surface area contributed by atoms with Gasteiger partial charge in [0, 0.05) is 18.7 Å². The van der Waals surface area contributed by atoms with E-state index in [1.807, 2.05) is 0 Å². The quantitative estimate of drug-likeness (QED) is 0.910. The molecular formula is C14H15F3N4. The summed E-state index contributed by atoms with van der Waals surface area (Å²) in [5.74, 6) is 0.487. The number of nitrogens with two attached hydrogens (primary N) is 1. The number of aromatic nitrogens is 2. The van der Waals surface area contributed by atoms with E-state index in [0.717, 1.165) is 12.1 Å². The Morgan fingerprint density at radius 3 is 2.71 bits per heavy atom. The zero-order valence-corrected chi connectivity index (χ0v) is 11.4. The van der Waals surface area contributed by atoms with E-state index in [1.165, 1.54) is 6.07 Å². The SMILES string of the molecule is Cc1ncc(NCCN)c(-c2cccc(C(F)(F)F)c2)n1. The Morgan fingerprint density at radius 2 is 2.05 bits per heavy atom. The summed E-state index contributed by atoms with van der Waals surface area (Å²) in [6, 6.07) is 5.06. The third-order valence-corrected chi connectivity index (χ3v) is 2.83. The van der Waals surface area contributed by atoms with Crippen LogP contribution in [0.25, 0.3) is 11.3 Å². The van der Waals surface area contributed by atoms with Crippen molar-refractivity contribution in [3.05, 3.63) is 41.9 Å². The second-order valence-electron chi connectivity index (χ2n) is 4.47. The van der Waals surface area contributed by atoms with Gasteiger partial charge in [-0.15, -0.1) is 0 Å². The highest BCUT2D eigenvalue weighted by atomic mass is 19.4. The van der Waals surface area contributed by atoms with Gasteiger partial charge in [0.2, 0.25) is 0 Å². The maximum Gasteiger partial charge on any atom is 0.416 e. The predicted octanol–water partition coefficient (Wildman–Crippen LogP) is 2.84. The molecule has 0 bridgehead atoms. The lowest BCUT2D eigenvalue weighted by molar-refractivity contribution is -0.137. The number of nitrogens with zero attached hydrogens (tertiary/aromatic N) is 2. The number of nitrogens with one attached hydrogen (secondary N) is 1. The lowest BCUT2D eigenvalue weighted by atomic mass is 10.1. The van der Waals surface area contributed by atoms with Crippen molar-refractivity contribution in [3.8, 4) is 11.3 Å². The molecule has 0 spiro atoms. The first-order valence-electron chi connectivity index (χ1n) is 6.37. The van der Waals surface area contributed by atoms with E-state index in [9.17, 15) is 13.2 Å². The van der Waals surface area contributed by atoms with E-state index in [0.29, 0.717) is 35.9 Å². The van der Waals surface area contributed by atoms with Crippen molar-refractivity contribution in [3.63, 3.8) is 0 Å². The molecule has 1 aromatic heterocycles. The van der Waals surface area contributed by atoms with Gasteiger partial charge in [0.1, 0.15) is 5.82 Å². The molecule has 21 heavy (non-hydrogen) atoms. The molecule has 7 heteroatoms. The van der Waals surface area contributed by atoms with Crippen LogP contribution in [0, 0.1) is 6.92 Å². The number of aryl methyl sites for hydroxylation is 1. The van der Waals surface area contributed by atoms with Crippen molar-refractivity contribution >= 4 is 5.69 Å². The maximum absolute atomic E-state index is 12.8. The van der Waals surface area contributed by atoms with Gasteiger partial charge in [-0.25, -0.2) is 9.97 Å². The molecule has 3 N–H and O–H groups in total. The van der Waals surface area contributed by atoms with Gasteiger partial charge >= 0.3 is 6.18 Å². The molecular weight excluding hydrogens is 281 g/mol. The standard InChI is InChI=1S/C14H15F3N4/c1-9-20-8-12(19-6-5-18)13(21-9)10-3-2-4-11(7-10)14(15,16)17/h2-4,7-8,19H,5-6,18H2,1H3. The summed E-state index contributed by atoms with van der Waals surface area (Å²) in [6.45, 7) is 2.57. The molecule has 0 unspecified atom stereocenters. The average molecular weight is 296 g/mol. The van der Waals surface area contributed by atoms with Crippen LogP contribution in [-0.2, 0) is 6.18 Å². The van der Waals surface area contributed by atoms with Gasteiger partial charge in [-0.05, 0) is 19.1 Å². The first-order chi connectivity index (χ1) is 9.91. The third-order valence-electron chi connectivity index (χ3n) is 2.83. The van der Waals surface area contributed by atoms with Crippen LogP contribution in [0.3, 0.4) is 0 Å². The van der Waals surface area contributed by atoms with E-state index in [-0.39, 0.29) is 0 Å². The second kappa shape index (κ2) is 6.09. The van der Waals surface area contributed by atoms with Gasteiger partial charge in [0.25, 0.3) is 0 Å². The minimum atomic E-state index is -4.39. The number of alkyl halides is 3. The van der Waals surface area contributed by atoms with Crippen LogP contribution in [-0.4, -0.2) is 23.1 Å². The van der Waals surface area contributed by atoms with Crippen LogP contribution < -0.4 is 11.1 Å². The van der Waals surface area contributed by atoms with Crippen LogP contribution >= 0.6 is 0 Å². The number of hydrogen-bond acceptors (Lipinski definition) is 4. The molecule has 112 valence electrons. The van der Waals surface area contributed by atoms with Gasteiger partial charge in [-0.3, -0.25) is 0 Å². The molecule has 0 amide bonds. The summed E-state index contributed by atoms with van der Waals surface area (Å²) in [6.07, 6.45) is -2.84. The normalized spacial score (nSPS) is 11.5. The summed E-state index contributed by atoms with van der Waals surface area (Å²) in [5.41, 5.74) is 6.09. The minimum Gasteiger partial charge on any atom is -0.381 e. The molecule has 2 rings (SSSR count). The topological polar surface area (TPSA) is 63.8 Å². The van der Waals surface area contributed by atoms with Crippen LogP contribution in [0.2, 0.25) is 0 Å². The van der Waals surface area contributed by atoms with E-state index in [1.54, 1.807) is 19.2 Å². The number of rotatable bonds is 4. The van der Waals surface area contributed by atoms with Crippen LogP contribution in [0.4, 0.5) is 18.9 Å². The van der Waals surface area contributed by atoms with Crippen molar-refractivity contribution in [1.29, 1.82) is 0 Å². The molecule has 1 aromatic carbocycles. The van der Waals surface area contributed by atoms with E-state index in [4.69, 9.17) is 5.73 Å². The third kappa shape index (κ3) is 3.69. The van der Waals surface area contributed by atoms with E-state index >= 15 is 0 Å². The highest BCUT2D eigenvalue weighted by molar-refractivity contribution is 5.74. The zero-order valence-electron chi connectivity index (χ0n) is 11.4. The van der Waals surface area contributed by atoms with Crippen molar-refractivity contribution in [2.75, 3.05) is 18.4 Å². The fraction of sp³-hybridized carbons (Fsp3) is 0.286. The molecule has 0 aliphatic rings. The predicted molar refractivity (Wildman–Crippen MR) is 74.8 cm³/mol. The second-order valence-corrected chi connectivity index (χ2v) is 4.47. The van der Waals surface area contributed by atoms with Crippen LogP contribution in [0.15, 0.2) is 30.5 Å². The highest BCUT2D eigenvalue weighted by Gasteiger charge is 2.30. The van der Waals surface area contributed by atoms with Crippen LogP contribution in [0.1, 0.15) is 11.4 Å². The van der Waals surface area contributed by atoms with Gasteiger partial charge in [0.15, 0.2) is 0 Å². The number of benzene rings is 1. The molecule has 0 fully saturated rings. The summed E-state index contributed by atoms with van der Waals surface area (Å²) in [4.78, 5) is 8.29. The monoisotopic (exact) mass is 296 g/mol. The van der Waals surface area contributed by atoms with Gasteiger partial charge in [0.05, 0.1) is 23.1 Å². The molecule has 0 aliphatic heterocycles. The van der Waals surface area contributed by atoms with Gasteiger partial charge in [-0.1, -0.05) is 12.1 Å². The van der Waals surface area contributed by atoms with Crippen molar-refractivity contribution in [1.82, 2.24) is 9.97 Å². The summed E-state index contributed by atoms with van der Waals surface area (Å²) >= 11 is 0. The van der Waals surface area contributed by atoms with Crippen LogP contribution in [0.5, 0.6) is 0 Å².